The summed E-state index contributed by atoms with van der Waals surface area (Å²) < 4.78 is 0. The molecule has 1 atom stereocenters. The first-order valence-corrected chi connectivity index (χ1v) is 7.96. The number of nitrogens with zero attached hydrogens (tertiary/aromatic N) is 4. The molecular weight excluding hydrogens is 312 g/mol. The second kappa shape index (κ2) is 6.95. The fraction of sp³-hybridized carbons (Fsp3) is 0.353. The fourth-order valence-electron chi connectivity index (χ4n) is 3.00. The van der Waals surface area contributed by atoms with E-state index in [4.69, 9.17) is 16.9 Å². The summed E-state index contributed by atoms with van der Waals surface area (Å²) in [6.45, 7) is 1.51. The Morgan fingerprint density at radius 3 is 2.48 bits per heavy atom. The molecule has 0 spiro atoms. The molecule has 2 heterocycles. The Morgan fingerprint density at radius 2 is 1.83 bits per heavy atom. The van der Waals surface area contributed by atoms with Crippen LogP contribution in [0.3, 0.4) is 0 Å². The highest BCUT2D eigenvalue weighted by atomic mass is 35.5. The van der Waals surface area contributed by atoms with E-state index in [1.807, 2.05) is 12.1 Å². The van der Waals surface area contributed by atoms with Crippen molar-refractivity contribution in [3.05, 3.63) is 52.9 Å². The number of aliphatic hydroxyl groups is 1. The molecule has 1 N–H and O–H groups in total. The normalized spacial score (nSPS) is 16.8. The van der Waals surface area contributed by atoms with Crippen molar-refractivity contribution in [3.63, 3.8) is 0 Å². The predicted octanol–water partition coefficient (Wildman–Crippen LogP) is 2.95. The zero-order chi connectivity index (χ0) is 16.2. The molecule has 1 fully saturated rings. The molecule has 1 aromatic carbocycles. The van der Waals surface area contributed by atoms with Crippen molar-refractivity contribution in [2.24, 2.45) is 5.92 Å². The number of aromatic nitrogens is 2. The highest BCUT2D eigenvalue weighted by Gasteiger charge is 2.27. The minimum atomic E-state index is -0.494. The monoisotopic (exact) mass is 328 g/mol. The molecule has 1 aromatic heterocycles. The number of nitriles is 1. The van der Waals surface area contributed by atoms with Crippen LogP contribution < -0.4 is 4.90 Å². The smallest absolute Gasteiger partial charge is 0.183 e. The van der Waals surface area contributed by atoms with E-state index in [-0.39, 0.29) is 5.92 Å². The summed E-state index contributed by atoms with van der Waals surface area (Å²) in [7, 11) is 0. The van der Waals surface area contributed by atoms with Crippen molar-refractivity contribution in [2.75, 3.05) is 18.0 Å². The number of hydrogen-bond acceptors (Lipinski definition) is 5. The molecule has 0 radical (unpaired) electrons. The summed E-state index contributed by atoms with van der Waals surface area (Å²) >= 11 is 5.89. The standard InChI is InChI=1S/C17H17ClN4O/c18-14-3-1-12(2-4-14)16(23)13-5-9-22(10-6-13)17-15(11-19)20-7-8-21-17/h1-4,7-8,13,16,23H,5-6,9-10H2. The zero-order valence-electron chi connectivity index (χ0n) is 12.6. The Hall–Kier alpha value is -2.16. The number of hydrogen-bond donors (Lipinski definition) is 1. The van der Waals surface area contributed by atoms with Gasteiger partial charge in [-0.2, -0.15) is 5.26 Å². The van der Waals surface area contributed by atoms with E-state index in [0.29, 0.717) is 16.5 Å². The molecule has 118 valence electrons. The molecule has 1 aliphatic heterocycles. The number of rotatable bonds is 3. The molecule has 1 aliphatic rings. The van der Waals surface area contributed by atoms with Gasteiger partial charge in [0.2, 0.25) is 0 Å². The lowest BCUT2D eigenvalue weighted by Gasteiger charge is -2.35. The molecular formula is C17H17ClN4O. The molecule has 6 heteroatoms. The fourth-order valence-corrected chi connectivity index (χ4v) is 3.13. The summed E-state index contributed by atoms with van der Waals surface area (Å²) in [6, 6.07) is 9.42. The first-order valence-electron chi connectivity index (χ1n) is 7.58. The van der Waals surface area contributed by atoms with Gasteiger partial charge in [-0.3, -0.25) is 0 Å². The topological polar surface area (TPSA) is 73.0 Å². The molecule has 0 amide bonds. The molecule has 0 saturated carbocycles. The van der Waals surface area contributed by atoms with Crippen molar-refractivity contribution < 1.29 is 5.11 Å². The van der Waals surface area contributed by atoms with E-state index in [1.54, 1.807) is 18.3 Å². The van der Waals surface area contributed by atoms with Gasteiger partial charge in [-0.15, -0.1) is 0 Å². The molecule has 0 bridgehead atoms. The number of aliphatic hydroxyl groups excluding tert-OH is 1. The first kappa shape index (κ1) is 15.7. The van der Waals surface area contributed by atoms with Gasteiger partial charge in [0.05, 0.1) is 6.10 Å². The van der Waals surface area contributed by atoms with Gasteiger partial charge in [-0.1, -0.05) is 23.7 Å². The Kier molecular flexibility index (Phi) is 4.75. The van der Waals surface area contributed by atoms with E-state index in [1.165, 1.54) is 6.20 Å². The first-order chi connectivity index (χ1) is 11.2. The van der Waals surface area contributed by atoms with Gasteiger partial charge < -0.3 is 10.0 Å². The molecule has 2 aromatic rings. The molecule has 0 aliphatic carbocycles. The quantitative estimate of drug-likeness (QED) is 0.937. The lowest BCUT2D eigenvalue weighted by atomic mass is 9.87. The second-order valence-corrected chi connectivity index (χ2v) is 6.10. The van der Waals surface area contributed by atoms with Crippen LogP contribution in [-0.4, -0.2) is 28.2 Å². The van der Waals surface area contributed by atoms with Crippen LogP contribution >= 0.6 is 11.6 Å². The lowest BCUT2D eigenvalue weighted by Crippen LogP contribution is -2.36. The molecule has 3 rings (SSSR count). The summed E-state index contributed by atoms with van der Waals surface area (Å²) in [4.78, 5) is 10.4. The third-order valence-corrected chi connectivity index (χ3v) is 4.53. The molecule has 5 nitrogen and oxygen atoms in total. The summed E-state index contributed by atoms with van der Waals surface area (Å²) in [5.41, 5.74) is 1.24. The van der Waals surface area contributed by atoms with Crippen molar-refractivity contribution in [1.29, 1.82) is 5.26 Å². The second-order valence-electron chi connectivity index (χ2n) is 5.66. The van der Waals surface area contributed by atoms with Crippen LogP contribution in [0.5, 0.6) is 0 Å². The van der Waals surface area contributed by atoms with Crippen LogP contribution in [0, 0.1) is 17.2 Å². The molecule has 1 saturated heterocycles. The minimum absolute atomic E-state index is 0.189. The maximum Gasteiger partial charge on any atom is 0.183 e. The summed E-state index contributed by atoms with van der Waals surface area (Å²) in [5.74, 6) is 0.823. The molecule has 1 unspecified atom stereocenters. The summed E-state index contributed by atoms with van der Waals surface area (Å²) in [6.07, 6.45) is 4.31. The maximum atomic E-state index is 10.6. The van der Waals surface area contributed by atoms with Crippen molar-refractivity contribution >= 4 is 17.4 Å². The van der Waals surface area contributed by atoms with Gasteiger partial charge in [0.25, 0.3) is 0 Å². The van der Waals surface area contributed by atoms with E-state index in [9.17, 15) is 5.11 Å². The zero-order valence-corrected chi connectivity index (χ0v) is 13.3. The number of anilines is 1. The molecule has 23 heavy (non-hydrogen) atoms. The highest BCUT2D eigenvalue weighted by Crippen LogP contribution is 2.32. The Bertz CT molecular complexity index is 705. The third-order valence-electron chi connectivity index (χ3n) is 4.28. The minimum Gasteiger partial charge on any atom is -0.388 e. The van der Waals surface area contributed by atoms with Gasteiger partial charge in [-0.25, -0.2) is 9.97 Å². The summed E-state index contributed by atoms with van der Waals surface area (Å²) in [5, 5.41) is 20.4. The van der Waals surface area contributed by atoms with Crippen LogP contribution in [0.25, 0.3) is 0 Å². The average molecular weight is 329 g/mol. The van der Waals surface area contributed by atoms with Crippen molar-refractivity contribution in [3.8, 4) is 6.07 Å². The van der Waals surface area contributed by atoms with Gasteiger partial charge in [0, 0.05) is 30.5 Å². The van der Waals surface area contributed by atoms with Crippen LogP contribution in [0.4, 0.5) is 5.82 Å². The van der Waals surface area contributed by atoms with Gasteiger partial charge >= 0.3 is 0 Å². The van der Waals surface area contributed by atoms with Crippen molar-refractivity contribution in [2.45, 2.75) is 18.9 Å². The highest BCUT2D eigenvalue weighted by molar-refractivity contribution is 6.30. The van der Waals surface area contributed by atoms with Crippen LogP contribution in [0.2, 0.25) is 5.02 Å². The Morgan fingerprint density at radius 1 is 1.17 bits per heavy atom. The largest absolute Gasteiger partial charge is 0.388 e. The number of piperidine rings is 1. The van der Waals surface area contributed by atoms with Crippen LogP contribution in [0.1, 0.15) is 30.2 Å². The van der Waals surface area contributed by atoms with E-state index >= 15 is 0 Å². The average Bonchev–Trinajstić information content (AvgIpc) is 2.62. The SMILES string of the molecule is N#Cc1nccnc1N1CCC(C(O)c2ccc(Cl)cc2)CC1. The van der Waals surface area contributed by atoms with Crippen LogP contribution in [0.15, 0.2) is 36.7 Å². The maximum absolute atomic E-state index is 10.6. The third kappa shape index (κ3) is 3.44. The van der Waals surface area contributed by atoms with Gasteiger partial charge in [-0.05, 0) is 36.5 Å². The van der Waals surface area contributed by atoms with E-state index in [0.717, 1.165) is 31.5 Å². The van der Waals surface area contributed by atoms with Crippen LogP contribution in [-0.2, 0) is 0 Å². The number of benzene rings is 1. The predicted molar refractivity (Wildman–Crippen MR) is 88.1 cm³/mol. The van der Waals surface area contributed by atoms with Crippen molar-refractivity contribution in [1.82, 2.24) is 9.97 Å². The van der Waals surface area contributed by atoms with Gasteiger partial charge in [0.1, 0.15) is 6.07 Å². The lowest BCUT2D eigenvalue weighted by molar-refractivity contribution is 0.0929. The Labute approximate surface area is 140 Å². The number of halogens is 1. The van der Waals surface area contributed by atoms with Gasteiger partial charge in [0.15, 0.2) is 11.5 Å². The van der Waals surface area contributed by atoms with E-state index < -0.39 is 6.10 Å². The van der Waals surface area contributed by atoms with E-state index in [2.05, 4.69) is 20.9 Å². The Balaban J connectivity index is 1.66.